The number of nitrogens with one attached hydrogen (secondary N) is 1. The van der Waals surface area contributed by atoms with Crippen LogP contribution in [0.3, 0.4) is 0 Å². The van der Waals surface area contributed by atoms with E-state index in [4.69, 9.17) is 27.9 Å². The molecule has 126 valence electrons. The minimum absolute atomic E-state index is 0.0196. The third-order valence-corrected chi connectivity index (χ3v) is 3.83. The van der Waals surface area contributed by atoms with Crippen LogP contribution >= 0.6 is 23.2 Å². The SMILES string of the molecule is O=C(NC(Cc1ccc(Cl)cc1Cl)C(=O)O)OCc1ccccc1. The third-order valence-electron chi connectivity index (χ3n) is 3.24. The first-order chi connectivity index (χ1) is 11.5. The van der Waals surface area contributed by atoms with Crippen molar-refractivity contribution in [2.45, 2.75) is 19.1 Å². The van der Waals surface area contributed by atoms with Crippen molar-refractivity contribution >= 4 is 35.3 Å². The maximum Gasteiger partial charge on any atom is 0.408 e. The molecule has 0 bridgehead atoms. The summed E-state index contributed by atoms with van der Waals surface area (Å²) in [7, 11) is 0. The molecule has 0 fully saturated rings. The summed E-state index contributed by atoms with van der Waals surface area (Å²) in [5.74, 6) is -1.18. The number of halogens is 2. The molecule has 0 spiro atoms. The number of amides is 1. The molecule has 0 aliphatic heterocycles. The van der Waals surface area contributed by atoms with E-state index in [9.17, 15) is 14.7 Å². The van der Waals surface area contributed by atoms with Gasteiger partial charge in [0.05, 0.1) is 0 Å². The smallest absolute Gasteiger partial charge is 0.408 e. The molecule has 0 aliphatic carbocycles. The lowest BCUT2D eigenvalue weighted by Crippen LogP contribution is -2.42. The minimum Gasteiger partial charge on any atom is -0.480 e. The molecule has 1 unspecified atom stereocenters. The van der Waals surface area contributed by atoms with E-state index in [1.165, 1.54) is 6.07 Å². The monoisotopic (exact) mass is 367 g/mol. The van der Waals surface area contributed by atoms with Gasteiger partial charge < -0.3 is 15.2 Å². The molecule has 0 aliphatic rings. The van der Waals surface area contributed by atoms with E-state index < -0.39 is 18.1 Å². The van der Waals surface area contributed by atoms with Crippen molar-refractivity contribution < 1.29 is 19.4 Å². The zero-order valence-electron chi connectivity index (χ0n) is 12.5. The van der Waals surface area contributed by atoms with Crippen LogP contribution < -0.4 is 5.32 Å². The van der Waals surface area contributed by atoms with Gasteiger partial charge in [-0.05, 0) is 23.3 Å². The minimum atomic E-state index is -1.18. The largest absolute Gasteiger partial charge is 0.480 e. The second-order valence-electron chi connectivity index (χ2n) is 5.04. The number of carboxylic acid groups (broad SMARTS) is 1. The number of carboxylic acids is 1. The van der Waals surface area contributed by atoms with Crippen molar-refractivity contribution in [3.63, 3.8) is 0 Å². The summed E-state index contributed by atoms with van der Waals surface area (Å²) >= 11 is 11.8. The highest BCUT2D eigenvalue weighted by Gasteiger charge is 2.22. The van der Waals surface area contributed by atoms with E-state index in [1.54, 1.807) is 24.3 Å². The Kier molecular flexibility index (Phi) is 6.46. The first kappa shape index (κ1) is 18.1. The summed E-state index contributed by atoms with van der Waals surface area (Å²) < 4.78 is 5.03. The Bertz CT molecular complexity index is 722. The molecular weight excluding hydrogens is 353 g/mol. The molecular formula is C17H15Cl2NO4. The number of aliphatic carboxylic acids is 1. The van der Waals surface area contributed by atoms with Crippen molar-refractivity contribution in [3.8, 4) is 0 Å². The van der Waals surface area contributed by atoms with Gasteiger partial charge in [0.15, 0.2) is 0 Å². The molecule has 0 radical (unpaired) electrons. The van der Waals surface area contributed by atoms with E-state index in [0.29, 0.717) is 15.6 Å². The molecule has 2 N–H and O–H groups in total. The summed E-state index contributed by atoms with van der Waals surface area (Å²) in [5.41, 5.74) is 1.37. The maximum atomic E-state index is 11.8. The lowest BCUT2D eigenvalue weighted by atomic mass is 10.1. The molecule has 5 nitrogen and oxygen atoms in total. The van der Waals surface area contributed by atoms with E-state index in [1.807, 2.05) is 18.2 Å². The van der Waals surface area contributed by atoms with Gasteiger partial charge in [-0.15, -0.1) is 0 Å². The van der Waals surface area contributed by atoms with E-state index in [0.717, 1.165) is 5.56 Å². The molecule has 1 amide bonds. The van der Waals surface area contributed by atoms with Gasteiger partial charge in [0.1, 0.15) is 12.6 Å². The van der Waals surface area contributed by atoms with Crippen LogP contribution in [0.5, 0.6) is 0 Å². The lowest BCUT2D eigenvalue weighted by Gasteiger charge is -2.15. The van der Waals surface area contributed by atoms with E-state index in [2.05, 4.69) is 5.32 Å². The highest BCUT2D eigenvalue weighted by molar-refractivity contribution is 6.35. The van der Waals surface area contributed by atoms with Crippen LogP contribution in [0, 0.1) is 0 Å². The predicted octanol–water partition coefficient (Wildman–Crippen LogP) is 3.92. The molecule has 2 aromatic carbocycles. The van der Waals surface area contributed by atoms with Gasteiger partial charge in [0, 0.05) is 16.5 Å². The van der Waals surface area contributed by atoms with Gasteiger partial charge in [-0.3, -0.25) is 0 Å². The first-order valence-electron chi connectivity index (χ1n) is 7.09. The van der Waals surface area contributed by atoms with Gasteiger partial charge in [-0.2, -0.15) is 0 Å². The molecule has 0 heterocycles. The summed E-state index contributed by atoms with van der Waals surface area (Å²) in [4.78, 5) is 23.2. The fourth-order valence-electron chi connectivity index (χ4n) is 2.01. The second-order valence-corrected chi connectivity index (χ2v) is 5.88. The zero-order valence-corrected chi connectivity index (χ0v) is 14.1. The van der Waals surface area contributed by atoms with Crippen molar-refractivity contribution in [2.24, 2.45) is 0 Å². The van der Waals surface area contributed by atoms with Crippen LogP contribution in [0.1, 0.15) is 11.1 Å². The van der Waals surface area contributed by atoms with Gasteiger partial charge >= 0.3 is 12.1 Å². The van der Waals surface area contributed by atoms with Crippen LogP contribution in [-0.4, -0.2) is 23.2 Å². The second kappa shape index (κ2) is 8.57. The quantitative estimate of drug-likeness (QED) is 0.811. The number of alkyl carbamates (subject to hydrolysis) is 1. The van der Waals surface area contributed by atoms with E-state index in [-0.39, 0.29) is 13.0 Å². The molecule has 2 rings (SSSR count). The molecule has 0 aromatic heterocycles. The van der Waals surface area contributed by atoms with Gasteiger partial charge in [0.2, 0.25) is 0 Å². The number of benzene rings is 2. The van der Waals surface area contributed by atoms with Crippen molar-refractivity contribution in [1.82, 2.24) is 5.32 Å². The van der Waals surface area contributed by atoms with Crippen LogP contribution in [-0.2, 0) is 22.6 Å². The third kappa shape index (κ3) is 5.44. The normalized spacial score (nSPS) is 11.6. The number of carbonyl (C=O) groups is 2. The Balaban J connectivity index is 1.95. The number of ether oxygens (including phenoxy) is 1. The molecule has 2 aromatic rings. The summed E-state index contributed by atoms with van der Waals surface area (Å²) in [6.07, 6.45) is -0.789. The van der Waals surface area contributed by atoms with Gasteiger partial charge in [0.25, 0.3) is 0 Å². The lowest BCUT2D eigenvalue weighted by molar-refractivity contribution is -0.139. The Morgan fingerprint density at radius 2 is 1.83 bits per heavy atom. The van der Waals surface area contributed by atoms with Crippen molar-refractivity contribution in [3.05, 3.63) is 69.7 Å². The van der Waals surface area contributed by atoms with Crippen molar-refractivity contribution in [2.75, 3.05) is 0 Å². The molecule has 24 heavy (non-hydrogen) atoms. The molecule has 1 atom stereocenters. The van der Waals surface area contributed by atoms with Crippen LogP contribution in [0.4, 0.5) is 4.79 Å². The summed E-state index contributed by atoms with van der Waals surface area (Å²) in [6, 6.07) is 12.7. The number of hydrogen-bond acceptors (Lipinski definition) is 3. The fraction of sp³-hybridized carbons (Fsp3) is 0.176. The number of hydrogen-bond donors (Lipinski definition) is 2. The molecule has 0 saturated carbocycles. The predicted molar refractivity (Wildman–Crippen MR) is 91.4 cm³/mol. The standard InChI is InChI=1S/C17H15Cl2NO4/c18-13-7-6-12(14(19)9-13)8-15(16(21)22)20-17(23)24-10-11-4-2-1-3-5-11/h1-7,9,15H,8,10H2,(H,20,23)(H,21,22). The topological polar surface area (TPSA) is 75.6 Å². The number of rotatable bonds is 6. The van der Waals surface area contributed by atoms with Crippen molar-refractivity contribution in [1.29, 1.82) is 0 Å². The van der Waals surface area contributed by atoms with Crippen LogP contribution in [0.2, 0.25) is 10.0 Å². The summed E-state index contributed by atoms with van der Waals surface area (Å²) in [5, 5.41) is 12.4. The number of carbonyl (C=O) groups excluding carboxylic acids is 1. The Hall–Kier alpha value is -2.24. The zero-order chi connectivity index (χ0) is 17.5. The van der Waals surface area contributed by atoms with Gasteiger partial charge in [-0.25, -0.2) is 9.59 Å². The molecule has 0 saturated heterocycles. The average Bonchev–Trinajstić information content (AvgIpc) is 2.55. The molecule has 7 heteroatoms. The first-order valence-corrected chi connectivity index (χ1v) is 7.85. The summed E-state index contributed by atoms with van der Waals surface area (Å²) in [6.45, 7) is 0.0563. The Morgan fingerprint density at radius 1 is 1.12 bits per heavy atom. The van der Waals surface area contributed by atoms with Gasteiger partial charge in [-0.1, -0.05) is 59.6 Å². The maximum absolute atomic E-state index is 11.8. The Labute approximate surface area is 149 Å². The van der Waals surface area contributed by atoms with Crippen LogP contribution in [0.25, 0.3) is 0 Å². The van der Waals surface area contributed by atoms with E-state index >= 15 is 0 Å². The highest BCUT2D eigenvalue weighted by Crippen LogP contribution is 2.22. The Morgan fingerprint density at radius 3 is 2.46 bits per heavy atom. The fourth-order valence-corrected chi connectivity index (χ4v) is 2.50. The highest BCUT2D eigenvalue weighted by atomic mass is 35.5. The van der Waals surface area contributed by atoms with Crippen LogP contribution in [0.15, 0.2) is 48.5 Å². The average molecular weight is 368 g/mol.